The van der Waals surface area contributed by atoms with Gasteiger partial charge >= 0.3 is 0 Å². The number of aromatic amines is 1. The quantitative estimate of drug-likeness (QED) is 0.835. The number of nitrogens with one attached hydrogen (secondary N) is 2. The van der Waals surface area contributed by atoms with Crippen molar-refractivity contribution >= 4 is 23.2 Å². The van der Waals surface area contributed by atoms with Crippen LogP contribution in [-0.2, 0) is 4.79 Å². The Morgan fingerprint density at radius 1 is 1.39 bits per heavy atom. The number of hydrogen-bond acceptors (Lipinski definition) is 4. The number of alkyl halides is 1. The number of hydrogen-bond donors (Lipinski definition) is 2. The summed E-state index contributed by atoms with van der Waals surface area (Å²) in [5.41, 5.74) is 2.21. The maximum atomic E-state index is 12.0. The van der Waals surface area contributed by atoms with E-state index in [1.165, 1.54) is 0 Å². The summed E-state index contributed by atoms with van der Waals surface area (Å²) in [6, 6.07) is 5.64. The van der Waals surface area contributed by atoms with Crippen LogP contribution in [0.2, 0.25) is 0 Å². The van der Waals surface area contributed by atoms with Gasteiger partial charge in [-0.15, -0.1) is 11.6 Å². The van der Waals surface area contributed by atoms with E-state index < -0.39 is 0 Å². The molecule has 1 amide bonds. The van der Waals surface area contributed by atoms with Gasteiger partial charge in [-0.2, -0.15) is 0 Å². The van der Waals surface area contributed by atoms with Crippen LogP contribution in [-0.4, -0.2) is 45.8 Å². The van der Waals surface area contributed by atoms with Gasteiger partial charge in [-0.3, -0.25) is 14.6 Å². The molecule has 0 bridgehead atoms. The van der Waals surface area contributed by atoms with E-state index in [0.29, 0.717) is 18.8 Å². The maximum absolute atomic E-state index is 12.0. The molecule has 1 aliphatic rings. The number of nitrogens with zero attached hydrogens (tertiary/aromatic N) is 2. The number of amides is 1. The van der Waals surface area contributed by atoms with E-state index >= 15 is 0 Å². The van der Waals surface area contributed by atoms with E-state index in [1.807, 2.05) is 18.2 Å². The van der Waals surface area contributed by atoms with Crippen molar-refractivity contribution < 1.29 is 4.79 Å². The van der Waals surface area contributed by atoms with Crippen LogP contribution in [0.1, 0.15) is 6.42 Å². The van der Waals surface area contributed by atoms with E-state index in [4.69, 9.17) is 11.6 Å². The molecule has 3 heterocycles. The molecule has 3 rings (SSSR count). The molecule has 2 aromatic rings. The van der Waals surface area contributed by atoms with E-state index in [9.17, 15) is 9.59 Å². The van der Waals surface area contributed by atoms with Crippen molar-refractivity contribution in [2.24, 2.45) is 0 Å². The molecule has 0 aliphatic carbocycles. The summed E-state index contributed by atoms with van der Waals surface area (Å²) in [7, 11) is 0. The monoisotopic (exact) mass is 332 g/mol. The van der Waals surface area contributed by atoms with Gasteiger partial charge in [-0.1, -0.05) is 0 Å². The second-order valence-electron chi connectivity index (χ2n) is 5.47. The number of halogens is 1. The van der Waals surface area contributed by atoms with Gasteiger partial charge in [0.25, 0.3) is 5.56 Å². The predicted octanol–water partition coefficient (Wildman–Crippen LogP) is 1.69. The fourth-order valence-corrected chi connectivity index (χ4v) is 2.88. The SMILES string of the molecule is O=C(CCl)N1CCC(Nc2cc(-c3ccncc3)c[nH]c2=O)C1. The van der Waals surface area contributed by atoms with E-state index in [2.05, 4.69) is 15.3 Å². The van der Waals surface area contributed by atoms with E-state index in [-0.39, 0.29) is 23.4 Å². The minimum absolute atomic E-state index is 0.00910. The van der Waals surface area contributed by atoms with Gasteiger partial charge in [-0.05, 0) is 30.2 Å². The molecular formula is C16H17ClN4O2. The topological polar surface area (TPSA) is 78.1 Å². The predicted molar refractivity (Wildman–Crippen MR) is 89.6 cm³/mol. The highest BCUT2D eigenvalue weighted by atomic mass is 35.5. The first-order valence-corrected chi connectivity index (χ1v) is 7.94. The van der Waals surface area contributed by atoms with Gasteiger partial charge in [-0.25, -0.2) is 0 Å². The number of carbonyl (C=O) groups is 1. The second-order valence-corrected chi connectivity index (χ2v) is 5.74. The van der Waals surface area contributed by atoms with E-state index in [1.54, 1.807) is 23.5 Å². The number of H-pyrrole nitrogens is 1. The second kappa shape index (κ2) is 6.83. The van der Waals surface area contributed by atoms with Crippen LogP contribution in [0.25, 0.3) is 11.1 Å². The van der Waals surface area contributed by atoms with Crippen LogP contribution >= 0.6 is 11.6 Å². The van der Waals surface area contributed by atoms with Crippen LogP contribution in [0.4, 0.5) is 5.69 Å². The molecule has 2 N–H and O–H groups in total. The molecule has 120 valence electrons. The molecule has 1 atom stereocenters. The Kier molecular flexibility index (Phi) is 4.62. The molecular weight excluding hydrogens is 316 g/mol. The summed E-state index contributed by atoms with van der Waals surface area (Å²) in [6.45, 7) is 1.22. The summed E-state index contributed by atoms with van der Waals surface area (Å²) < 4.78 is 0. The molecule has 1 aliphatic heterocycles. The lowest BCUT2D eigenvalue weighted by Crippen LogP contribution is -2.33. The van der Waals surface area contributed by atoms with Crippen molar-refractivity contribution in [1.82, 2.24) is 14.9 Å². The molecule has 1 fully saturated rings. The Morgan fingerprint density at radius 3 is 2.91 bits per heavy atom. The average Bonchev–Trinajstić information content (AvgIpc) is 3.05. The highest BCUT2D eigenvalue weighted by Gasteiger charge is 2.26. The zero-order valence-electron chi connectivity index (χ0n) is 12.5. The van der Waals surface area contributed by atoms with Gasteiger partial charge < -0.3 is 15.2 Å². The average molecular weight is 333 g/mol. The summed E-state index contributed by atoms with van der Waals surface area (Å²) in [5.74, 6) is -0.0828. The largest absolute Gasteiger partial charge is 0.376 e. The molecule has 0 saturated carbocycles. The first-order chi connectivity index (χ1) is 11.2. The zero-order valence-corrected chi connectivity index (χ0v) is 13.2. The van der Waals surface area contributed by atoms with Crippen molar-refractivity contribution in [2.45, 2.75) is 12.5 Å². The van der Waals surface area contributed by atoms with Crippen molar-refractivity contribution in [3.8, 4) is 11.1 Å². The summed E-state index contributed by atoms with van der Waals surface area (Å²) in [6.07, 6.45) is 5.89. The molecule has 0 radical (unpaired) electrons. The fraction of sp³-hybridized carbons (Fsp3) is 0.312. The summed E-state index contributed by atoms with van der Waals surface area (Å²) in [4.78, 5) is 32.1. The van der Waals surface area contributed by atoms with Crippen LogP contribution in [0.5, 0.6) is 0 Å². The molecule has 0 aromatic carbocycles. The lowest BCUT2D eigenvalue weighted by molar-refractivity contribution is -0.127. The third kappa shape index (κ3) is 3.53. The van der Waals surface area contributed by atoms with Crippen molar-refractivity contribution in [2.75, 3.05) is 24.3 Å². The normalized spacial score (nSPS) is 17.3. The maximum Gasteiger partial charge on any atom is 0.271 e. The molecule has 2 aromatic heterocycles. The molecule has 0 spiro atoms. The molecule has 1 saturated heterocycles. The number of anilines is 1. The Hall–Kier alpha value is -2.34. The third-order valence-electron chi connectivity index (χ3n) is 3.93. The third-order valence-corrected chi connectivity index (χ3v) is 4.16. The molecule has 7 heteroatoms. The molecule has 23 heavy (non-hydrogen) atoms. The standard InChI is InChI=1S/C16H17ClN4O2/c17-8-15(22)21-6-3-13(10-21)20-14-7-12(9-19-16(14)23)11-1-4-18-5-2-11/h1-2,4-5,7,9,13,20H,3,6,8,10H2,(H,19,23). The first-order valence-electron chi connectivity index (χ1n) is 7.41. The Morgan fingerprint density at radius 2 is 2.17 bits per heavy atom. The van der Waals surface area contributed by atoms with Crippen LogP contribution in [0, 0.1) is 0 Å². The van der Waals surface area contributed by atoms with Gasteiger partial charge in [0.05, 0.1) is 0 Å². The van der Waals surface area contributed by atoms with Crippen molar-refractivity contribution in [3.63, 3.8) is 0 Å². The minimum Gasteiger partial charge on any atom is -0.376 e. The van der Waals surface area contributed by atoms with E-state index in [0.717, 1.165) is 17.5 Å². The number of likely N-dealkylation sites (tertiary alicyclic amines) is 1. The Labute approximate surface area is 138 Å². The van der Waals surface area contributed by atoms with Crippen molar-refractivity contribution in [3.05, 3.63) is 47.1 Å². The molecule has 1 unspecified atom stereocenters. The summed E-state index contributed by atoms with van der Waals surface area (Å²) >= 11 is 5.58. The van der Waals surface area contributed by atoms with Crippen molar-refractivity contribution in [1.29, 1.82) is 0 Å². The van der Waals surface area contributed by atoms with Gasteiger partial charge in [0.15, 0.2) is 0 Å². The van der Waals surface area contributed by atoms with Gasteiger partial charge in [0.1, 0.15) is 11.6 Å². The van der Waals surface area contributed by atoms with Gasteiger partial charge in [0.2, 0.25) is 5.91 Å². The highest BCUT2D eigenvalue weighted by Crippen LogP contribution is 2.20. The van der Waals surface area contributed by atoms with Gasteiger partial charge in [0, 0.05) is 43.3 Å². The fourth-order valence-electron chi connectivity index (χ4n) is 2.71. The summed E-state index contributed by atoms with van der Waals surface area (Å²) in [5, 5.41) is 3.23. The minimum atomic E-state index is -0.176. The lowest BCUT2D eigenvalue weighted by atomic mass is 10.1. The first kappa shape index (κ1) is 15.6. The molecule has 6 nitrogen and oxygen atoms in total. The Bertz CT molecular complexity index is 747. The number of aromatic nitrogens is 2. The smallest absolute Gasteiger partial charge is 0.271 e. The number of pyridine rings is 2. The van der Waals surface area contributed by atoms with Crippen LogP contribution < -0.4 is 10.9 Å². The Balaban J connectivity index is 1.76. The zero-order chi connectivity index (χ0) is 16.2. The number of carbonyl (C=O) groups excluding carboxylic acids is 1. The highest BCUT2D eigenvalue weighted by molar-refractivity contribution is 6.27. The number of rotatable bonds is 4. The van der Waals surface area contributed by atoms with Crippen LogP contribution in [0.3, 0.4) is 0 Å². The lowest BCUT2D eigenvalue weighted by Gasteiger charge is -2.16. The van der Waals surface area contributed by atoms with Crippen LogP contribution in [0.15, 0.2) is 41.6 Å².